The smallest absolute Gasteiger partial charge is 0.200 e. The van der Waals surface area contributed by atoms with Gasteiger partial charge < -0.3 is 10.5 Å². The number of benzene rings is 2. The minimum Gasteiger partial charge on any atom is -0.485 e. The van der Waals surface area contributed by atoms with E-state index >= 15 is 0 Å². The third-order valence-corrected chi connectivity index (χ3v) is 4.12. The molecule has 3 heteroatoms. The van der Waals surface area contributed by atoms with Crippen LogP contribution in [0.15, 0.2) is 48.5 Å². The molecule has 0 aromatic heterocycles. The summed E-state index contributed by atoms with van der Waals surface area (Å²) in [6, 6.07) is 14.8. The molecule has 0 atom stereocenters. The number of carbonyl (C=O) groups is 1. The lowest BCUT2D eigenvalue weighted by Crippen LogP contribution is -2.16. The van der Waals surface area contributed by atoms with Gasteiger partial charge in [-0.1, -0.05) is 45.0 Å². The number of Topliss-reactive ketones (excluding diaryl/α,β-unsaturated/α-hetero) is 1. The average Bonchev–Trinajstić information content (AvgIpc) is 2.54. The number of nitrogen functional groups attached to an aromatic ring is 1. The van der Waals surface area contributed by atoms with Crippen LogP contribution in [0, 0.1) is 0 Å². The first-order valence-electron chi connectivity index (χ1n) is 7.54. The van der Waals surface area contributed by atoms with E-state index in [1.807, 2.05) is 24.3 Å². The first-order chi connectivity index (χ1) is 10.4. The number of hydrogen-bond donors (Lipinski definition) is 1. The zero-order valence-electron chi connectivity index (χ0n) is 13.4. The summed E-state index contributed by atoms with van der Waals surface area (Å²) < 4.78 is 5.49. The summed E-state index contributed by atoms with van der Waals surface area (Å²) in [5.41, 5.74) is 8.33. The van der Waals surface area contributed by atoms with Crippen molar-refractivity contribution in [1.82, 2.24) is 0 Å². The Kier molecular flexibility index (Phi) is 4.86. The molecule has 0 saturated heterocycles. The second-order valence-corrected chi connectivity index (χ2v) is 6.10. The van der Waals surface area contributed by atoms with E-state index in [1.165, 1.54) is 5.56 Å². The van der Waals surface area contributed by atoms with Crippen LogP contribution in [-0.4, -0.2) is 12.4 Å². The highest BCUT2D eigenvalue weighted by Gasteiger charge is 2.18. The quantitative estimate of drug-likeness (QED) is 0.641. The zero-order valence-corrected chi connectivity index (χ0v) is 13.4. The van der Waals surface area contributed by atoms with E-state index in [-0.39, 0.29) is 17.8 Å². The van der Waals surface area contributed by atoms with Crippen LogP contribution < -0.4 is 10.5 Å². The van der Waals surface area contributed by atoms with Gasteiger partial charge in [0.2, 0.25) is 0 Å². The lowest BCUT2D eigenvalue weighted by atomic mass is 9.82. The molecule has 2 rings (SSSR count). The summed E-state index contributed by atoms with van der Waals surface area (Å²) in [5.74, 6) is 0.615. The first kappa shape index (κ1) is 16.1. The van der Waals surface area contributed by atoms with E-state index in [0.717, 1.165) is 6.42 Å². The SMILES string of the molecule is CCC(C)(C)c1ccc(C(=O)COc2ccc(N)cc2)cc1. The van der Waals surface area contributed by atoms with Crippen molar-refractivity contribution in [3.63, 3.8) is 0 Å². The van der Waals surface area contributed by atoms with Gasteiger partial charge in [0, 0.05) is 11.3 Å². The summed E-state index contributed by atoms with van der Waals surface area (Å²) in [4.78, 5) is 12.2. The van der Waals surface area contributed by atoms with E-state index in [9.17, 15) is 4.79 Å². The van der Waals surface area contributed by atoms with E-state index < -0.39 is 0 Å². The Bertz CT molecular complexity index is 627. The van der Waals surface area contributed by atoms with Crippen LogP contribution in [0.1, 0.15) is 43.1 Å². The fourth-order valence-electron chi connectivity index (χ4n) is 2.11. The molecule has 0 spiro atoms. The Morgan fingerprint density at radius 3 is 2.18 bits per heavy atom. The van der Waals surface area contributed by atoms with Gasteiger partial charge in [-0.2, -0.15) is 0 Å². The van der Waals surface area contributed by atoms with E-state index in [1.54, 1.807) is 24.3 Å². The Morgan fingerprint density at radius 1 is 1.05 bits per heavy atom. The van der Waals surface area contributed by atoms with Crippen LogP contribution in [-0.2, 0) is 5.41 Å². The Labute approximate surface area is 132 Å². The van der Waals surface area contributed by atoms with Crippen molar-refractivity contribution in [2.75, 3.05) is 12.3 Å². The topological polar surface area (TPSA) is 52.3 Å². The molecule has 116 valence electrons. The predicted octanol–water partition coefficient (Wildman–Crippen LogP) is 4.22. The molecule has 0 amide bonds. The van der Waals surface area contributed by atoms with Crippen LogP contribution in [0.4, 0.5) is 5.69 Å². The number of carbonyl (C=O) groups excluding carboxylic acids is 1. The maximum Gasteiger partial charge on any atom is 0.200 e. The Morgan fingerprint density at radius 2 is 1.64 bits per heavy atom. The number of nitrogens with two attached hydrogens (primary N) is 1. The molecular formula is C19H23NO2. The normalized spacial score (nSPS) is 11.2. The van der Waals surface area contributed by atoms with Crippen molar-refractivity contribution in [1.29, 1.82) is 0 Å². The largest absolute Gasteiger partial charge is 0.485 e. The monoisotopic (exact) mass is 297 g/mol. The van der Waals surface area contributed by atoms with E-state index in [4.69, 9.17) is 10.5 Å². The van der Waals surface area contributed by atoms with Crippen LogP contribution in [0.2, 0.25) is 0 Å². The fourth-order valence-corrected chi connectivity index (χ4v) is 2.11. The standard InChI is InChI=1S/C19H23NO2/c1-4-19(2,3)15-7-5-14(6-8-15)18(21)13-22-17-11-9-16(20)10-12-17/h5-12H,4,13,20H2,1-3H3. The van der Waals surface area contributed by atoms with Crippen molar-refractivity contribution < 1.29 is 9.53 Å². The van der Waals surface area contributed by atoms with Gasteiger partial charge in [-0.25, -0.2) is 0 Å². The molecule has 0 radical (unpaired) electrons. The summed E-state index contributed by atoms with van der Waals surface area (Å²) in [6.45, 7) is 6.60. The molecule has 3 nitrogen and oxygen atoms in total. The molecule has 0 aliphatic heterocycles. The summed E-state index contributed by atoms with van der Waals surface area (Å²) in [5, 5.41) is 0. The van der Waals surface area contributed by atoms with Gasteiger partial charge in [0.05, 0.1) is 0 Å². The maximum absolute atomic E-state index is 12.2. The predicted molar refractivity (Wildman–Crippen MR) is 90.4 cm³/mol. The first-order valence-corrected chi connectivity index (χ1v) is 7.54. The average molecular weight is 297 g/mol. The number of hydrogen-bond acceptors (Lipinski definition) is 3. The van der Waals surface area contributed by atoms with Gasteiger partial charge >= 0.3 is 0 Å². The number of anilines is 1. The lowest BCUT2D eigenvalue weighted by Gasteiger charge is -2.23. The van der Waals surface area contributed by atoms with Crippen molar-refractivity contribution in [2.24, 2.45) is 0 Å². The minimum atomic E-state index is -0.0299. The lowest BCUT2D eigenvalue weighted by molar-refractivity contribution is 0.0921. The van der Waals surface area contributed by atoms with Gasteiger partial charge in [-0.3, -0.25) is 4.79 Å². The van der Waals surface area contributed by atoms with Gasteiger partial charge in [0.1, 0.15) is 5.75 Å². The van der Waals surface area contributed by atoms with Gasteiger partial charge in [-0.15, -0.1) is 0 Å². The van der Waals surface area contributed by atoms with Crippen molar-refractivity contribution in [3.05, 3.63) is 59.7 Å². The van der Waals surface area contributed by atoms with Gasteiger partial charge in [0.25, 0.3) is 0 Å². The molecular weight excluding hydrogens is 274 g/mol. The molecule has 0 unspecified atom stereocenters. The number of ketones is 1. The van der Waals surface area contributed by atoms with E-state index in [0.29, 0.717) is 17.0 Å². The third kappa shape index (κ3) is 3.88. The highest BCUT2D eigenvalue weighted by atomic mass is 16.5. The molecule has 0 fully saturated rings. The Balaban J connectivity index is 1.99. The molecule has 0 aliphatic rings. The molecule has 0 heterocycles. The second-order valence-electron chi connectivity index (χ2n) is 6.10. The Hall–Kier alpha value is -2.29. The summed E-state index contributed by atoms with van der Waals surface area (Å²) in [7, 11) is 0. The van der Waals surface area contributed by atoms with Crippen molar-refractivity contribution in [3.8, 4) is 5.75 Å². The molecule has 2 aromatic carbocycles. The maximum atomic E-state index is 12.2. The van der Waals surface area contributed by atoms with Crippen molar-refractivity contribution in [2.45, 2.75) is 32.6 Å². The summed E-state index contributed by atoms with van der Waals surface area (Å²) in [6.07, 6.45) is 1.06. The zero-order chi connectivity index (χ0) is 16.2. The molecule has 0 aliphatic carbocycles. The van der Waals surface area contributed by atoms with Crippen LogP contribution in [0.5, 0.6) is 5.75 Å². The van der Waals surface area contributed by atoms with Gasteiger partial charge in [-0.05, 0) is 41.7 Å². The highest BCUT2D eigenvalue weighted by Crippen LogP contribution is 2.26. The minimum absolute atomic E-state index is 0.0282. The van der Waals surface area contributed by atoms with E-state index in [2.05, 4.69) is 20.8 Å². The van der Waals surface area contributed by atoms with Crippen LogP contribution in [0.3, 0.4) is 0 Å². The molecule has 2 aromatic rings. The van der Waals surface area contributed by atoms with Crippen LogP contribution in [0.25, 0.3) is 0 Å². The molecule has 0 bridgehead atoms. The number of rotatable bonds is 6. The number of ether oxygens (including phenoxy) is 1. The third-order valence-electron chi connectivity index (χ3n) is 4.12. The summed E-state index contributed by atoms with van der Waals surface area (Å²) >= 11 is 0. The second kappa shape index (κ2) is 6.65. The molecule has 2 N–H and O–H groups in total. The van der Waals surface area contributed by atoms with Crippen LogP contribution >= 0.6 is 0 Å². The van der Waals surface area contributed by atoms with Crippen molar-refractivity contribution >= 4 is 11.5 Å². The molecule has 22 heavy (non-hydrogen) atoms. The fraction of sp³-hybridized carbons (Fsp3) is 0.316. The molecule has 0 saturated carbocycles. The highest BCUT2D eigenvalue weighted by molar-refractivity contribution is 5.97. The van der Waals surface area contributed by atoms with Gasteiger partial charge in [0.15, 0.2) is 12.4 Å².